The van der Waals surface area contributed by atoms with Crippen molar-refractivity contribution in [3.05, 3.63) is 41.8 Å². The zero-order chi connectivity index (χ0) is 12.6. The minimum Gasteiger partial charge on any atom is -0.144 e. The summed E-state index contributed by atoms with van der Waals surface area (Å²) in [7, 11) is 0. The van der Waals surface area contributed by atoms with Crippen molar-refractivity contribution in [2.24, 2.45) is 0 Å². The molecule has 96 valence electrons. The van der Waals surface area contributed by atoms with Gasteiger partial charge >= 0.3 is 0 Å². The number of hydrogen-bond donors (Lipinski definition) is 0. The Hall–Kier alpha value is -0.730. The molecule has 0 N–H and O–H groups in total. The van der Waals surface area contributed by atoms with Crippen molar-refractivity contribution in [3.63, 3.8) is 0 Å². The summed E-state index contributed by atoms with van der Waals surface area (Å²) < 4.78 is 0. The van der Waals surface area contributed by atoms with Crippen LogP contribution in [0.15, 0.2) is 46.7 Å². The second kappa shape index (κ2) is 7.65. The van der Waals surface area contributed by atoms with Crippen LogP contribution < -0.4 is 0 Å². The fourth-order valence-electron chi connectivity index (χ4n) is 1.88. The van der Waals surface area contributed by atoms with E-state index in [2.05, 4.69) is 48.7 Å². The Bertz CT molecular complexity index is 429. The van der Waals surface area contributed by atoms with Crippen molar-refractivity contribution >= 4 is 23.1 Å². The van der Waals surface area contributed by atoms with Crippen molar-refractivity contribution in [2.45, 2.75) is 37.5 Å². The van der Waals surface area contributed by atoms with Crippen molar-refractivity contribution in [3.8, 4) is 10.4 Å². The highest BCUT2D eigenvalue weighted by Gasteiger charge is 1.99. The highest BCUT2D eigenvalue weighted by Crippen LogP contribution is 2.27. The maximum atomic E-state index is 2.26. The topological polar surface area (TPSA) is 0 Å². The van der Waals surface area contributed by atoms with Gasteiger partial charge in [-0.2, -0.15) is 0 Å². The van der Waals surface area contributed by atoms with Crippen LogP contribution in [-0.2, 0) is 0 Å². The molecule has 0 saturated heterocycles. The monoisotopic (exact) mass is 276 g/mol. The predicted molar refractivity (Wildman–Crippen MR) is 84.6 cm³/mol. The molecule has 2 rings (SSSR count). The average molecular weight is 276 g/mol. The molecule has 0 aliphatic carbocycles. The normalized spacial score (nSPS) is 10.7. The number of thioether (sulfide) groups is 1. The van der Waals surface area contributed by atoms with Crippen molar-refractivity contribution in [1.29, 1.82) is 0 Å². The summed E-state index contributed by atoms with van der Waals surface area (Å²) in [5, 5.41) is 2.13. The number of benzene rings is 1. The summed E-state index contributed by atoms with van der Waals surface area (Å²) in [6.45, 7) is 2.26. The molecule has 0 bridgehead atoms. The van der Waals surface area contributed by atoms with Crippen LogP contribution in [0.2, 0.25) is 0 Å². The lowest BCUT2D eigenvalue weighted by Crippen LogP contribution is -1.81. The summed E-state index contributed by atoms with van der Waals surface area (Å²) >= 11 is 3.78. The van der Waals surface area contributed by atoms with Gasteiger partial charge in [0.05, 0.1) is 0 Å². The van der Waals surface area contributed by atoms with Crippen molar-refractivity contribution in [2.75, 3.05) is 5.75 Å². The maximum Gasteiger partial charge on any atom is 0.0342 e. The molecule has 1 heterocycles. The molecule has 1 aromatic heterocycles. The third-order valence-corrected chi connectivity index (χ3v) is 4.94. The first kappa shape index (κ1) is 13.7. The fraction of sp³-hybridized carbons (Fsp3) is 0.375. The molecule has 2 aromatic rings. The van der Waals surface area contributed by atoms with E-state index in [1.165, 1.54) is 46.8 Å². The van der Waals surface area contributed by atoms with E-state index in [4.69, 9.17) is 0 Å². The van der Waals surface area contributed by atoms with Gasteiger partial charge in [0.2, 0.25) is 0 Å². The number of hydrogen-bond acceptors (Lipinski definition) is 2. The van der Waals surface area contributed by atoms with E-state index in [1.54, 1.807) is 11.3 Å². The summed E-state index contributed by atoms with van der Waals surface area (Å²) in [6.07, 6.45) is 5.40. The van der Waals surface area contributed by atoms with E-state index < -0.39 is 0 Å². The van der Waals surface area contributed by atoms with Gasteiger partial charge in [0.25, 0.3) is 0 Å². The molecule has 18 heavy (non-hydrogen) atoms. The molecule has 2 heteroatoms. The van der Waals surface area contributed by atoms with Gasteiger partial charge < -0.3 is 0 Å². The van der Waals surface area contributed by atoms with Crippen molar-refractivity contribution in [1.82, 2.24) is 0 Å². The number of thiophene rings is 1. The standard InChI is InChI=1S/C16H20S2/c1-2-3-4-5-12-17-15-10-8-14(9-11-15)16-7-6-13-18-16/h6-11,13H,2-5,12H2,1H3. The highest BCUT2D eigenvalue weighted by molar-refractivity contribution is 7.99. The van der Waals surface area contributed by atoms with E-state index in [1.807, 2.05) is 11.8 Å². The van der Waals surface area contributed by atoms with Crippen LogP contribution in [0.4, 0.5) is 0 Å². The zero-order valence-electron chi connectivity index (χ0n) is 10.9. The van der Waals surface area contributed by atoms with Gasteiger partial charge in [-0.15, -0.1) is 23.1 Å². The summed E-state index contributed by atoms with van der Waals surface area (Å²) in [5.41, 5.74) is 1.33. The van der Waals surface area contributed by atoms with Crippen LogP contribution in [0, 0.1) is 0 Å². The smallest absolute Gasteiger partial charge is 0.0342 e. The summed E-state index contributed by atoms with van der Waals surface area (Å²) in [6, 6.07) is 13.3. The SMILES string of the molecule is CCCCCCSc1ccc(-c2cccs2)cc1. The number of rotatable bonds is 7. The molecule has 0 radical (unpaired) electrons. The van der Waals surface area contributed by atoms with Crippen LogP contribution in [-0.4, -0.2) is 5.75 Å². The minimum atomic E-state index is 1.25. The molecule has 0 aliphatic rings. The Morgan fingerprint density at radius 2 is 1.83 bits per heavy atom. The van der Waals surface area contributed by atoms with Crippen LogP contribution in [0.3, 0.4) is 0 Å². The second-order valence-corrected chi connectivity index (χ2v) is 6.53. The van der Waals surface area contributed by atoms with E-state index in [0.717, 1.165) is 0 Å². The molecule has 0 aliphatic heterocycles. The van der Waals surface area contributed by atoms with Gasteiger partial charge in [0.1, 0.15) is 0 Å². The van der Waals surface area contributed by atoms with Gasteiger partial charge in [-0.1, -0.05) is 44.4 Å². The van der Waals surface area contributed by atoms with E-state index in [9.17, 15) is 0 Å². The quantitative estimate of drug-likeness (QED) is 0.436. The third-order valence-electron chi connectivity index (χ3n) is 2.93. The molecule has 0 spiro atoms. The lowest BCUT2D eigenvalue weighted by Gasteiger charge is -2.03. The first-order chi connectivity index (χ1) is 8.90. The molecular formula is C16H20S2. The Morgan fingerprint density at radius 1 is 1.00 bits per heavy atom. The Balaban J connectivity index is 1.81. The second-order valence-electron chi connectivity index (χ2n) is 4.41. The van der Waals surface area contributed by atoms with Crippen LogP contribution in [0.1, 0.15) is 32.6 Å². The zero-order valence-corrected chi connectivity index (χ0v) is 12.5. The largest absolute Gasteiger partial charge is 0.144 e. The van der Waals surface area contributed by atoms with E-state index in [-0.39, 0.29) is 0 Å². The molecular weight excluding hydrogens is 256 g/mol. The third kappa shape index (κ3) is 4.18. The summed E-state index contributed by atoms with van der Waals surface area (Å²) in [5.74, 6) is 1.25. The molecule has 0 fully saturated rings. The number of unbranched alkanes of at least 4 members (excludes halogenated alkanes) is 3. The van der Waals surface area contributed by atoms with Gasteiger partial charge in [0, 0.05) is 9.77 Å². The Morgan fingerprint density at radius 3 is 2.50 bits per heavy atom. The molecule has 0 unspecified atom stereocenters. The maximum absolute atomic E-state index is 2.26. The molecule has 1 aromatic carbocycles. The summed E-state index contributed by atoms with van der Waals surface area (Å²) in [4.78, 5) is 2.75. The highest BCUT2D eigenvalue weighted by atomic mass is 32.2. The van der Waals surface area contributed by atoms with Crippen LogP contribution >= 0.6 is 23.1 Å². The minimum absolute atomic E-state index is 1.25. The molecule has 0 amide bonds. The van der Waals surface area contributed by atoms with Gasteiger partial charge in [-0.25, -0.2) is 0 Å². The first-order valence-electron chi connectivity index (χ1n) is 6.67. The Labute approximate surface area is 118 Å². The average Bonchev–Trinajstić information content (AvgIpc) is 2.93. The molecule has 0 saturated carbocycles. The molecule has 0 nitrogen and oxygen atoms in total. The lowest BCUT2D eigenvalue weighted by molar-refractivity contribution is 0.706. The van der Waals surface area contributed by atoms with Gasteiger partial charge in [0.15, 0.2) is 0 Å². The van der Waals surface area contributed by atoms with E-state index in [0.29, 0.717) is 0 Å². The molecule has 0 atom stereocenters. The van der Waals surface area contributed by atoms with Crippen LogP contribution in [0.5, 0.6) is 0 Å². The Kier molecular flexibility index (Phi) is 5.82. The fourth-order valence-corrected chi connectivity index (χ4v) is 3.52. The predicted octanol–water partition coefficient (Wildman–Crippen LogP) is 6.09. The van der Waals surface area contributed by atoms with E-state index >= 15 is 0 Å². The lowest BCUT2D eigenvalue weighted by atomic mass is 10.2. The van der Waals surface area contributed by atoms with Crippen molar-refractivity contribution < 1.29 is 0 Å². The van der Waals surface area contributed by atoms with Crippen LogP contribution in [0.25, 0.3) is 10.4 Å². The van der Waals surface area contributed by atoms with Gasteiger partial charge in [-0.3, -0.25) is 0 Å². The first-order valence-corrected chi connectivity index (χ1v) is 8.53. The van der Waals surface area contributed by atoms with Gasteiger partial charge in [-0.05, 0) is 41.3 Å².